The molecule has 0 radical (unpaired) electrons. The Labute approximate surface area is 247 Å². The Morgan fingerprint density at radius 2 is 1.98 bits per heavy atom. The third-order valence-corrected chi connectivity index (χ3v) is 7.20. The average Bonchev–Trinajstić information content (AvgIpc) is 3.45. The van der Waals surface area contributed by atoms with E-state index in [-0.39, 0.29) is 36.7 Å². The molecule has 5 rings (SSSR count). The van der Waals surface area contributed by atoms with Crippen LogP contribution in [0, 0.1) is 5.82 Å². The third kappa shape index (κ3) is 7.05. The first-order chi connectivity index (χ1) is 20.9. The fourth-order valence-electron chi connectivity index (χ4n) is 4.84. The number of piperazine rings is 1. The number of anilines is 3. The lowest BCUT2D eigenvalue weighted by Gasteiger charge is -2.36. The number of carbonyl (C=O) groups is 2. The average molecular weight is 592 g/mol. The van der Waals surface area contributed by atoms with E-state index in [1.54, 1.807) is 31.5 Å². The lowest BCUT2D eigenvalue weighted by atomic mass is 10.1. The number of carbonyl (C=O) groups excluding carboxylic acids is 2. The molecule has 1 fully saturated rings. The minimum atomic E-state index is -0.614. The molecule has 0 aliphatic carbocycles. The van der Waals surface area contributed by atoms with Gasteiger partial charge in [0.2, 0.25) is 11.9 Å². The van der Waals surface area contributed by atoms with E-state index >= 15 is 4.39 Å². The number of hydrogen-bond donors (Lipinski definition) is 4. The second-order valence-electron chi connectivity index (χ2n) is 10.1. The van der Waals surface area contributed by atoms with Crippen molar-refractivity contribution in [3.63, 3.8) is 0 Å². The zero-order valence-corrected chi connectivity index (χ0v) is 24.2. The van der Waals surface area contributed by atoms with E-state index in [0.717, 1.165) is 32.4 Å². The van der Waals surface area contributed by atoms with Gasteiger partial charge in [-0.25, -0.2) is 14.4 Å². The number of aromatic amines is 1. The predicted molar refractivity (Wildman–Crippen MR) is 160 cm³/mol. The molecule has 0 saturated carbocycles. The van der Waals surface area contributed by atoms with E-state index in [1.807, 2.05) is 6.07 Å². The number of ether oxygens (including phenoxy) is 2. The number of likely N-dealkylation sites (N-methyl/N-ethyl adjacent to an activating group) is 2. The molecule has 1 atom stereocenters. The summed E-state index contributed by atoms with van der Waals surface area (Å²) in [7, 11) is 5.17. The first-order valence-electron chi connectivity index (χ1n) is 13.8. The van der Waals surface area contributed by atoms with Gasteiger partial charge in [-0.05, 0) is 13.1 Å². The van der Waals surface area contributed by atoms with Crippen LogP contribution in [0.3, 0.4) is 0 Å². The number of rotatable bonds is 11. The first-order valence-corrected chi connectivity index (χ1v) is 13.8. The normalized spacial score (nSPS) is 14.8. The van der Waals surface area contributed by atoms with Crippen LogP contribution in [0.1, 0.15) is 0 Å². The number of nitrogens with one attached hydrogen (secondary N) is 4. The second kappa shape index (κ2) is 13.5. The summed E-state index contributed by atoms with van der Waals surface area (Å²) in [6.45, 7) is 3.38. The lowest BCUT2D eigenvalue weighted by Crippen LogP contribution is -2.54. The highest BCUT2D eigenvalue weighted by atomic mass is 19.1. The first kappa shape index (κ1) is 29.8. The number of methoxy groups -OCH3 is 1. The molecule has 43 heavy (non-hydrogen) atoms. The van der Waals surface area contributed by atoms with Crippen molar-refractivity contribution < 1.29 is 23.5 Å². The summed E-state index contributed by atoms with van der Waals surface area (Å²) in [6, 6.07) is 6.60. The maximum atomic E-state index is 15.1. The molecule has 1 aliphatic rings. The van der Waals surface area contributed by atoms with Gasteiger partial charge in [0.15, 0.2) is 12.4 Å². The fourth-order valence-corrected chi connectivity index (χ4v) is 4.84. The summed E-state index contributed by atoms with van der Waals surface area (Å²) in [5.41, 5.74) is 2.26. The molecule has 4 heterocycles. The molecule has 3 aromatic heterocycles. The molecule has 2 amide bonds. The molecular formula is C29H34FN9O4. The Morgan fingerprint density at radius 3 is 2.74 bits per heavy atom. The molecule has 1 aliphatic heterocycles. The Hall–Kier alpha value is -4.66. The van der Waals surface area contributed by atoms with E-state index < -0.39 is 11.9 Å². The molecular weight excluding hydrogens is 557 g/mol. The molecule has 0 unspecified atom stereocenters. The summed E-state index contributed by atoms with van der Waals surface area (Å²) in [6.07, 6.45) is 5.73. The van der Waals surface area contributed by atoms with Crippen molar-refractivity contribution in [3.05, 3.63) is 54.9 Å². The summed E-state index contributed by atoms with van der Waals surface area (Å²) >= 11 is 0. The highest BCUT2D eigenvalue weighted by molar-refractivity contribution is 6.06. The Kier molecular flexibility index (Phi) is 9.39. The molecule has 1 aromatic carbocycles. The van der Waals surface area contributed by atoms with Crippen molar-refractivity contribution in [2.24, 2.45) is 0 Å². The lowest BCUT2D eigenvalue weighted by molar-refractivity contribution is -0.124. The van der Waals surface area contributed by atoms with Crippen LogP contribution in [0.2, 0.25) is 0 Å². The second-order valence-corrected chi connectivity index (χ2v) is 10.1. The predicted octanol–water partition coefficient (Wildman–Crippen LogP) is 2.23. The number of benzene rings is 1. The van der Waals surface area contributed by atoms with Crippen LogP contribution < -0.4 is 20.7 Å². The van der Waals surface area contributed by atoms with Crippen LogP contribution >= 0.6 is 0 Å². The molecule has 0 spiro atoms. The Morgan fingerprint density at radius 1 is 1.16 bits per heavy atom. The van der Waals surface area contributed by atoms with Crippen molar-refractivity contribution in [1.82, 2.24) is 35.1 Å². The standard InChI is InChI=1S/C29H34FN9O4/c1-31-25(40)17-43-19-11-18(12-32-13-19)35-29-34-15-22(30)26(37-29)21-14-33-27-20(21)5-4-6-23(27)36-28(41)24(16-42-3)39-9-7-38(2)8-10-39/h4-6,11-15,24,33H,7-10,16-17H2,1-3H3,(H,31,40)(H,36,41)(H,34,35,37)/t24-/m1/s1. The van der Waals surface area contributed by atoms with E-state index in [4.69, 9.17) is 9.47 Å². The molecule has 1 saturated heterocycles. The molecule has 4 aromatic rings. The van der Waals surface area contributed by atoms with Gasteiger partial charge in [-0.15, -0.1) is 0 Å². The van der Waals surface area contributed by atoms with E-state index in [2.05, 4.69) is 52.7 Å². The minimum absolute atomic E-state index is 0.0712. The summed E-state index contributed by atoms with van der Waals surface area (Å²) in [5.74, 6) is -0.574. The van der Waals surface area contributed by atoms with Crippen LogP contribution in [0.15, 0.2) is 49.1 Å². The van der Waals surface area contributed by atoms with Crippen molar-refractivity contribution in [2.45, 2.75) is 6.04 Å². The fraction of sp³-hybridized carbons (Fsp3) is 0.345. The number of nitrogens with zero attached hydrogens (tertiary/aromatic N) is 5. The van der Waals surface area contributed by atoms with Gasteiger partial charge in [-0.3, -0.25) is 19.5 Å². The number of halogens is 1. The maximum Gasteiger partial charge on any atom is 0.257 e. The minimum Gasteiger partial charge on any atom is -0.482 e. The quantitative estimate of drug-likeness (QED) is 0.205. The van der Waals surface area contributed by atoms with E-state index in [1.165, 1.54) is 19.4 Å². The van der Waals surface area contributed by atoms with Gasteiger partial charge in [0.1, 0.15) is 17.5 Å². The van der Waals surface area contributed by atoms with Crippen molar-refractivity contribution in [3.8, 4) is 17.0 Å². The van der Waals surface area contributed by atoms with Gasteiger partial charge < -0.3 is 35.3 Å². The zero-order valence-electron chi connectivity index (χ0n) is 24.2. The van der Waals surface area contributed by atoms with Crippen LogP contribution in [0.5, 0.6) is 5.75 Å². The number of para-hydroxylation sites is 1. The number of fused-ring (bicyclic) bond motifs is 1. The van der Waals surface area contributed by atoms with Crippen molar-refractivity contribution >= 4 is 40.0 Å². The van der Waals surface area contributed by atoms with Gasteiger partial charge in [0.25, 0.3) is 5.91 Å². The summed E-state index contributed by atoms with van der Waals surface area (Å²) < 4.78 is 25.9. The van der Waals surface area contributed by atoms with Crippen molar-refractivity contribution in [1.29, 1.82) is 0 Å². The van der Waals surface area contributed by atoms with E-state index in [9.17, 15) is 9.59 Å². The topological polar surface area (TPSA) is 150 Å². The Bertz CT molecular complexity index is 1590. The number of aromatic nitrogens is 4. The number of H-pyrrole nitrogens is 1. The third-order valence-electron chi connectivity index (χ3n) is 7.20. The van der Waals surface area contributed by atoms with Gasteiger partial charge >= 0.3 is 0 Å². The molecule has 0 bridgehead atoms. The zero-order chi connectivity index (χ0) is 30.3. The maximum absolute atomic E-state index is 15.1. The van der Waals surface area contributed by atoms with Crippen LogP contribution in [0.4, 0.5) is 21.7 Å². The largest absolute Gasteiger partial charge is 0.482 e. The summed E-state index contributed by atoms with van der Waals surface area (Å²) in [4.78, 5) is 45.0. The summed E-state index contributed by atoms with van der Waals surface area (Å²) in [5, 5.41) is 9.19. The Balaban J connectivity index is 1.36. The molecule has 4 N–H and O–H groups in total. The molecule has 14 heteroatoms. The number of hydrogen-bond acceptors (Lipinski definition) is 10. The van der Waals surface area contributed by atoms with E-state index in [0.29, 0.717) is 33.6 Å². The van der Waals surface area contributed by atoms with Gasteiger partial charge in [0, 0.05) is 63.5 Å². The van der Waals surface area contributed by atoms with Gasteiger partial charge in [-0.2, -0.15) is 0 Å². The van der Waals surface area contributed by atoms with Crippen molar-refractivity contribution in [2.75, 3.05) is 71.2 Å². The van der Waals surface area contributed by atoms with Crippen LogP contribution in [-0.2, 0) is 14.3 Å². The monoisotopic (exact) mass is 591 g/mol. The SMILES string of the molecule is CNC(=O)COc1cncc(Nc2ncc(F)c(-c3c[nH]c4c(NC(=O)[C@@H](COC)N5CCN(C)CC5)cccc34)n2)c1. The van der Waals surface area contributed by atoms with Gasteiger partial charge in [0.05, 0.1) is 42.1 Å². The van der Waals surface area contributed by atoms with Gasteiger partial charge in [-0.1, -0.05) is 12.1 Å². The smallest absolute Gasteiger partial charge is 0.257 e. The molecule has 226 valence electrons. The molecule has 13 nitrogen and oxygen atoms in total. The van der Waals surface area contributed by atoms with Crippen LogP contribution in [0.25, 0.3) is 22.2 Å². The number of amides is 2. The number of pyridine rings is 1. The highest BCUT2D eigenvalue weighted by Gasteiger charge is 2.29. The highest BCUT2D eigenvalue weighted by Crippen LogP contribution is 2.33. The van der Waals surface area contributed by atoms with Crippen LogP contribution in [-0.4, -0.2) is 108 Å².